The number of carboxylic acid groups (broad SMARTS) is 1. The van der Waals surface area contributed by atoms with Gasteiger partial charge < -0.3 is 14.6 Å². The molecule has 1 heterocycles. The second-order valence-corrected chi connectivity index (χ2v) is 5.16. The Hall–Kier alpha value is -1.62. The lowest BCUT2D eigenvalue weighted by molar-refractivity contribution is 0.0412. The fraction of sp³-hybridized carbons (Fsp3) is 0.538. The number of aromatic nitrogens is 1. The maximum atomic E-state index is 11.8. The Bertz CT molecular complexity index is 515. The quantitative estimate of drug-likeness (QED) is 0.867. The van der Waals surface area contributed by atoms with Gasteiger partial charge >= 0.3 is 5.97 Å². The van der Waals surface area contributed by atoms with E-state index in [1.807, 2.05) is 14.1 Å². The van der Waals surface area contributed by atoms with Crippen LogP contribution in [0.25, 0.3) is 0 Å². The Morgan fingerprint density at radius 3 is 2.56 bits per heavy atom. The molecule has 0 saturated heterocycles. The molecule has 1 aliphatic carbocycles. The van der Waals surface area contributed by atoms with Crippen LogP contribution in [0.1, 0.15) is 29.6 Å². The number of pyridine rings is 1. The van der Waals surface area contributed by atoms with Gasteiger partial charge in [0.05, 0.1) is 5.56 Å². The monoisotopic (exact) mass is 250 g/mol. The third-order valence-corrected chi connectivity index (χ3v) is 3.93. The van der Waals surface area contributed by atoms with Crippen LogP contribution in [0, 0.1) is 0 Å². The summed E-state index contributed by atoms with van der Waals surface area (Å²) in [4.78, 5) is 24.8. The average molecular weight is 250 g/mol. The van der Waals surface area contributed by atoms with Crippen molar-refractivity contribution in [1.29, 1.82) is 0 Å². The molecule has 5 heteroatoms. The van der Waals surface area contributed by atoms with Crippen molar-refractivity contribution in [3.63, 3.8) is 0 Å². The molecule has 18 heavy (non-hydrogen) atoms. The van der Waals surface area contributed by atoms with Gasteiger partial charge in [0, 0.05) is 24.3 Å². The van der Waals surface area contributed by atoms with Crippen molar-refractivity contribution in [2.75, 3.05) is 14.1 Å². The van der Waals surface area contributed by atoms with Crippen molar-refractivity contribution in [2.45, 2.75) is 31.3 Å². The molecule has 1 aliphatic rings. The number of rotatable bonds is 4. The van der Waals surface area contributed by atoms with E-state index in [1.54, 1.807) is 0 Å². The van der Waals surface area contributed by atoms with Gasteiger partial charge in [-0.2, -0.15) is 0 Å². The van der Waals surface area contributed by atoms with Crippen molar-refractivity contribution < 1.29 is 9.90 Å². The van der Waals surface area contributed by atoms with E-state index in [9.17, 15) is 9.59 Å². The molecule has 1 saturated carbocycles. The van der Waals surface area contributed by atoms with Crippen molar-refractivity contribution in [3.05, 3.63) is 34.2 Å². The fourth-order valence-corrected chi connectivity index (χ4v) is 2.43. The third-order valence-electron chi connectivity index (χ3n) is 3.93. The van der Waals surface area contributed by atoms with Crippen LogP contribution >= 0.6 is 0 Å². The van der Waals surface area contributed by atoms with Crippen LogP contribution in [0.5, 0.6) is 0 Å². The van der Waals surface area contributed by atoms with Crippen LogP contribution < -0.4 is 5.56 Å². The molecule has 0 aliphatic heterocycles. The largest absolute Gasteiger partial charge is 0.478 e. The lowest BCUT2D eigenvalue weighted by Crippen LogP contribution is -2.54. The predicted octanol–water partition coefficient (Wildman–Crippen LogP) is 1.03. The van der Waals surface area contributed by atoms with Crippen LogP contribution in [0.15, 0.2) is 23.1 Å². The first-order chi connectivity index (χ1) is 8.44. The SMILES string of the molecule is CN(C)C1(Cn2cc(C(=O)O)ccc2=O)CCC1. The summed E-state index contributed by atoms with van der Waals surface area (Å²) in [7, 11) is 4.01. The highest BCUT2D eigenvalue weighted by molar-refractivity contribution is 5.87. The minimum absolute atomic E-state index is 0.000946. The Morgan fingerprint density at radius 1 is 1.44 bits per heavy atom. The molecular formula is C13H18N2O3. The molecule has 0 bridgehead atoms. The van der Waals surface area contributed by atoms with Crippen LogP contribution in [-0.2, 0) is 6.54 Å². The Morgan fingerprint density at radius 2 is 2.11 bits per heavy atom. The third kappa shape index (κ3) is 2.18. The Labute approximate surface area is 106 Å². The van der Waals surface area contributed by atoms with Crippen molar-refractivity contribution in [2.24, 2.45) is 0 Å². The summed E-state index contributed by atoms with van der Waals surface area (Å²) in [5.41, 5.74) is 0.0111. The molecule has 0 spiro atoms. The molecular weight excluding hydrogens is 232 g/mol. The molecule has 0 aromatic carbocycles. The van der Waals surface area contributed by atoms with Crippen molar-refractivity contribution >= 4 is 5.97 Å². The highest BCUT2D eigenvalue weighted by atomic mass is 16.4. The zero-order chi connectivity index (χ0) is 13.3. The topological polar surface area (TPSA) is 62.5 Å². The van der Waals surface area contributed by atoms with Gasteiger partial charge in [-0.1, -0.05) is 0 Å². The van der Waals surface area contributed by atoms with E-state index in [-0.39, 0.29) is 16.7 Å². The van der Waals surface area contributed by atoms with E-state index < -0.39 is 5.97 Å². The molecule has 1 N–H and O–H groups in total. The first-order valence-electron chi connectivity index (χ1n) is 6.06. The van der Waals surface area contributed by atoms with E-state index in [0.29, 0.717) is 6.54 Å². The van der Waals surface area contributed by atoms with Gasteiger partial charge in [-0.3, -0.25) is 4.79 Å². The molecule has 5 nitrogen and oxygen atoms in total. The number of hydrogen-bond donors (Lipinski definition) is 1. The van der Waals surface area contributed by atoms with Gasteiger partial charge in [0.25, 0.3) is 5.56 Å². The van der Waals surface area contributed by atoms with Crippen LogP contribution in [0.3, 0.4) is 0 Å². The maximum absolute atomic E-state index is 11.8. The number of carboxylic acids is 1. The number of aromatic carboxylic acids is 1. The van der Waals surface area contributed by atoms with E-state index in [1.165, 1.54) is 22.9 Å². The summed E-state index contributed by atoms with van der Waals surface area (Å²) in [6, 6.07) is 2.68. The van der Waals surface area contributed by atoms with Gasteiger partial charge in [0.2, 0.25) is 0 Å². The minimum Gasteiger partial charge on any atom is -0.478 e. The van der Waals surface area contributed by atoms with E-state index in [4.69, 9.17) is 5.11 Å². The zero-order valence-corrected chi connectivity index (χ0v) is 10.7. The number of hydrogen-bond acceptors (Lipinski definition) is 3. The molecule has 2 rings (SSSR count). The molecule has 0 amide bonds. The Kier molecular flexibility index (Phi) is 3.26. The number of nitrogens with zero attached hydrogens (tertiary/aromatic N) is 2. The Balaban J connectivity index is 2.31. The summed E-state index contributed by atoms with van der Waals surface area (Å²) in [5.74, 6) is -1.00. The smallest absolute Gasteiger partial charge is 0.337 e. The first kappa shape index (κ1) is 12.8. The van der Waals surface area contributed by atoms with E-state index in [0.717, 1.165) is 19.3 Å². The minimum atomic E-state index is -1.00. The van der Waals surface area contributed by atoms with Gasteiger partial charge in [0.1, 0.15) is 0 Å². The van der Waals surface area contributed by atoms with Crippen LogP contribution in [0.4, 0.5) is 0 Å². The van der Waals surface area contributed by atoms with Crippen LogP contribution in [-0.4, -0.2) is 40.2 Å². The molecule has 0 unspecified atom stereocenters. The summed E-state index contributed by atoms with van der Waals surface area (Å²) < 4.78 is 1.52. The lowest BCUT2D eigenvalue weighted by atomic mass is 9.75. The van der Waals surface area contributed by atoms with Crippen molar-refractivity contribution in [3.8, 4) is 0 Å². The molecule has 1 aromatic rings. The molecule has 0 radical (unpaired) electrons. The summed E-state index contributed by atoms with van der Waals surface area (Å²) >= 11 is 0. The fourth-order valence-electron chi connectivity index (χ4n) is 2.43. The maximum Gasteiger partial charge on any atom is 0.337 e. The molecule has 1 fully saturated rings. The standard InChI is InChI=1S/C13H18N2O3/c1-14(2)13(6-3-7-13)9-15-8-10(12(17)18)4-5-11(15)16/h4-5,8H,3,6-7,9H2,1-2H3,(H,17,18). The van der Waals surface area contributed by atoms with Crippen molar-refractivity contribution in [1.82, 2.24) is 9.47 Å². The van der Waals surface area contributed by atoms with Gasteiger partial charge in [0.15, 0.2) is 0 Å². The summed E-state index contributed by atoms with van der Waals surface area (Å²) in [5, 5.41) is 8.95. The van der Waals surface area contributed by atoms with Gasteiger partial charge in [-0.15, -0.1) is 0 Å². The van der Waals surface area contributed by atoms with Gasteiger partial charge in [-0.25, -0.2) is 4.79 Å². The highest BCUT2D eigenvalue weighted by Crippen LogP contribution is 2.37. The second kappa shape index (κ2) is 4.57. The number of likely N-dealkylation sites (N-methyl/N-ethyl adjacent to an activating group) is 1. The molecule has 0 atom stereocenters. The normalized spacial score (nSPS) is 17.5. The number of carbonyl (C=O) groups is 1. The van der Waals surface area contributed by atoms with E-state index in [2.05, 4.69) is 4.90 Å². The second-order valence-electron chi connectivity index (χ2n) is 5.16. The molecule has 98 valence electrons. The average Bonchev–Trinajstić information content (AvgIpc) is 2.24. The van der Waals surface area contributed by atoms with Crippen LogP contribution in [0.2, 0.25) is 0 Å². The molecule has 1 aromatic heterocycles. The first-order valence-corrected chi connectivity index (χ1v) is 6.06. The lowest BCUT2D eigenvalue weighted by Gasteiger charge is -2.47. The summed E-state index contributed by atoms with van der Waals surface area (Å²) in [6.45, 7) is 0.556. The highest BCUT2D eigenvalue weighted by Gasteiger charge is 2.39. The summed E-state index contributed by atoms with van der Waals surface area (Å²) in [6.07, 6.45) is 4.69. The van der Waals surface area contributed by atoms with Gasteiger partial charge in [-0.05, 0) is 39.4 Å². The van der Waals surface area contributed by atoms with E-state index >= 15 is 0 Å². The predicted molar refractivity (Wildman–Crippen MR) is 67.9 cm³/mol. The zero-order valence-electron chi connectivity index (χ0n) is 10.7.